The van der Waals surface area contributed by atoms with Crippen molar-refractivity contribution in [3.05, 3.63) is 17.8 Å². The maximum atomic E-state index is 11.5. The van der Waals surface area contributed by atoms with Crippen molar-refractivity contribution in [3.63, 3.8) is 0 Å². The van der Waals surface area contributed by atoms with Gasteiger partial charge in [0.25, 0.3) is 0 Å². The van der Waals surface area contributed by atoms with E-state index in [1.54, 1.807) is 0 Å². The first-order valence-corrected chi connectivity index (χ1v) is 6.42. The minimum atomic E-state index is -1.54. The summed E-state index contributed by atoms with van der Waals surface area (Å²) in [6, 6.07) is 1.17. The van der Waals surface area contributed by atoms with E-state index in [-0.39, 0.29) is 17.6 Å². The number of nitrogens with zero attached hydrogens (tertiary/aromatic N) is 2. The second kappa shape index (κ2) is 6.77. The zero-order valence-electron chi connectivity index (χ0n) is 12.9. The number of aromatic carboxylic acids is 1. The minimum Gasteiger partial charge on any atom is -0.503 e. The molecule has 0 saturated heterocycles. The molecule has 1 aromatic heterocycles. The molecule has 1 heterocycles. The van der Waals surface area contributed by atoms with Gasteiger partial charge in [-0.05, 0) is 0 Å². The average molecular weight is 338 g/mol. The highest BCUT2D eigenvalue weighted by Gasteiger charge is 2.31. The van der Waals surface area contributed by atoms with Crippen LogP contribution in [0.2, 0.25) is 0 Å². The van der Waals surface area contributed by atoms with Gasteiger partial charge in [-0.25, -0.2) is 9.78 Å². The quantitative estimate of drug-likeness (QED) is 0.707. The molecule has 0 aliphatic carbocycles. The monoisotopic (exact) mass is 338 g/mol. The lowest BCUT2D eigenvalue weighted by Crippen LogP contribution is -2.06. The number of phenolic OH excluding ortho intramolecular Hbond substituents is 1. The highest BCUT2D eigenvalue weighted by atomic mass is 16.5. The molecule has 128 valence electrons. The number of hydrogen-bond acceptors (Lipinski definition) is 9. The van der Waals surface area contributed by atoms with Gasteiger partial charge in [-0.3, -0.25) is 0 Å². The summed E-state index contributed by atoms with van der Waals surface area (Å²) in [4.78, 5) is 19.2. The Labute approximate surface area is 135 Å². The number of aromatic nitrogens is 2. The van der Waals surface area contributed by atoms with Crippen molar-refractivity contribution in [2.45, 2.75) is 0 Å². The van der Waals surface area contributed by atoms with Crippen LogP contribution in [0.3, 0.4) is 0 Å². The first kappa shape index (κ1) is 16.9. The number of ether oxygens (including phenoxy) is 4. The Hall–Kier alpha value is -3.43. The summed E-state index contributed by atoms with van der Waals surface area (Å²) in [5.41, 5.74) is -0.687. The second-order valence-electron chi connectivity index (χ2n) is 4.26. The van der Waals surface area contributed by atoms with Crippen LogP contribution in [0.4, 0.5) is 0 Å². The molecule has 10 nitrogen and oxygen atoms in total. The van der Waals surface area contributed by atoms with Gasteiger partial charge in [0.15, 0.2) is 17.1 Å². The van der Waals surface area contributed by atoms with E-state index in [1.165, 1.54) is 26.5 Å². The van der Waals surface area contributed by atoms with Crippen LogP contribution in [-0.4, -0.2) is 52.6 Å². The fourth-order valence-electron chi connectivity index (χ4n) is 1.92. The van der Waals surface area contributed by atoms with E-state index in [0.29, 0.717) is 0 Å². The average Bonchev–Trinajstić information content (AvgIpc) is 2.55. The molecule has 0 atom stereocenters. The van der Waals surface area contributed by atoms with Gasteiger partial charge in [-0.2, -0.15) is 4.98 Å². The van der Waals surface area contributed by atoms with Crippen molar-refractivity contribution < 1.29 is 39.1 Å². The Morgan fingerprint density at radius 3 is 2.21 bits per heavy atom. The number of methoxy groups -OCH3 is 3. The van der Waals surface area contributed by atoms with E-state index < -0.39 is 34.5 Å². The van der Waals surface area contributed by atoms with E-state index in [2.05, 4.69) is 9.97 Å². The molecule has 0 unspecified atom stereocenters. The van der Waals surface area contributed by atoms with Gasteiger partial charge in [0, 0.05) is 12.3 Å². The topological polar surface area (TPSA) is 140 Å². The summed E-state index contributed by atoms with van der Waals surface area (Å²) in [5.74, 6) is -4.17. The molecule has 2 rings (SSSR count). The van der Waals surface area contributed by atoms with Gasteiger partial charge in [-0.1, -0.05) is 0 Å². The molecule has 24 heavy (non-hydrogen) atoms. The lowest BCUT2D eigenvalue weighted by Gasteiger charge is -2.17. The van der Waals surface area contributed by atoms with Crippen molar-refractivity contribution in [2.75, 3.05) is 21.3 Å². The summed E-state index contributed by atoms with van der Waals surface area (Å²) in [6.07, 6.45) is 1.32. The molecule has 0 spiro atoms. The molecule has 0 bridgehead atoms. The van der Waals surface area contributed by atoms with Crippen LogP contribution in [0.15, 0.2) is 12.3 Å². The highest BCUT2D eigenvalue weighted by molar-refractivity contribution is 5.97. The third-order valence-corrected chi connectivity index (χ3v) is 2.95. The molecule has 0 aliphatic rings. The maximum absolute atomic E-state index is 11.5. The van der Waals surface area contributed by atoms with Crippen LogP contribution in [-0.2, 0) is 0 Å². The molecule has 1 aromatic carbocycles. The van der Waals surface area contributed by atoms with Crippen LogP contribution in [0, 0.1) is 0 Å². The summed E-state index contributed by atoms with van der Waals surface area (Å²) in [5, 5.41) is 29.5. The van der Waals surface area contributed by atoms with Gasteiger partial charge in [0.2, 0.25) is 23.1 Å². The molecule has 0 aliphatic heterocycles. The first-order chi connectivity index (χ1) is 11.4. The lowest BCUT2D eigenvalue weighted by molar-refractivity contribution is 0.0689. The molecule has 0 fully saturated rings. The Balaban J connectivity index is 2.68. The Kier molecular flexibility index (Phi) is 4.78. The molecule has 0 radical (unpaired) electrons. The van der Waals surface area contributed by atoms with E-state index in [9.17, 15) is 20.1 Å². The Bertz CT molecular complexity index is 778. The fourth-order valence-corrected chi connectivity index (χ4v) is 1.92. The van der Waals surface area contributed by atoms with Crippen LogP contribution in [0.1, 0.15) is 10.4 Å². The number of benzene rings is 1. The lowest BCUT2D eigenvalue weighted by atomic mass is 10.1. The normalized spacial score (nSPS) is 10.1. The van der Waals surface area contributed by atoms with Crippen molar-refractivity contribution >= 4 is 5.97 Å². The van der Waals surface area contributed by atoms with Gasteiger partial charge in [0.05, 0.1) is 21.3 Å². The van der Waals surface area contributed by atoms with Crippen molar-refractivity contribution in [2.24, 2.45) is 0 Å². The van der Waals surface area contributed by atoms with Gasteiger partial charge >= 0.3 is 12.0 Å². The molecule has 0 saturated carbocycles. The van der Waals surface area contributed by atoms with Gasteiger partial charge in [-0.15, -0.1) is 0 Å². The van der Waals surface area contributed by atoms with E-state index >= 15 is 0 Å². The smallest absolute Gasteiger partial charge is 0.343 e. The number of carboxylic acid groups (broad SMARTS) is 1. The number of carbonyl (C=O) groups is 1. The third-order valence-electron chi connectivity index (χ3n) is 2.95. The van der Waals surface area contributed by atoms with Crippen LogP contribution in [0.25, 0.3) is 0 Å². The third kappa shape index (κ3) is 2.89. The SMILES string of the molecule is COc1ccnc(Oc2c(OC)c(O)c(OC)c(O)c2C(=O)O)n1. The van der Waals surface area contributed by atoms with E-state index in [0.717, 1.165) is 7.11 Å². The molecule has 2 aromatic rings. The number of hydrogen-bond donors (Lipinski definition) is 3. The number of carboxylic acids is 1. The number of rotatable bonds is 6. The maximum Gasteiger partial charge on any atom is 0.343 e. The largest absolute Gasteiger partial charge is 0.503 e. The Morgan fingerprint density at radius 2 is 1.67 bits per heavy atom. The van der Waals surface area contributed by atoms with Crippen molar-refractivity contribution in [1.82, 2.24) is 9.97 Å². The molecule has 10 heteroatoms. The predicted molar refractivity (Wildman–Crippen MR) is 78.5 cm³/mol. The van der Waals surface area contributed by atoms with E-state index in [1.807, 2.05) is 0 Å². The zero-order valence-corrected chi connectivity index (χ0v) is 12.9. The molecule has 0 amide bonds. The van der Waals surface area contributed by atoms with Gasteiger partial charge < -0.3 is 34.3 Å². The fraction of sp³-hybridized carbons (Fsp3) is 0.214. The van der Waals surface area contributed by atoms with Crippen molar-refractivity contribution in [1.29, 1.82) is 0 Å². The number of phenols is 2. The Morgan fingerprint density at radius 1 is 1.00 bits per heavy atom. The van der Waals surface area contributed by atoms with Crippen LogP contribution in [0.5, 0.6) is 40.6 Å². The van der Waals surface area contributed by atoms with E-state index in [4.69, 9.17) is 18.9 Å². The zero-order chi connectivity index (χ0) is 17.9. The standard InChI is InChI=1S/C14H14N2O8/c1-21-6-4-5-15-14(16-6)24-10-7(13(19)20)8(17)11(22-2)9(18)12(10)23-3/h4-5,17-18H,1-3H3,(H,19,20). The summed E-state index contributed by atoms with van der Waals surface area (Å²) in [7, 11) is 3.70. The molecular formula is C14H14N2O8. The van der Waals surface area contributed by atoms with Gasteiger partial charge in [0.1, 0.15) is 0 Å². The molecule has 3 N–H and O–H groups in total. The number of aromatic hydroxyl groups is 2. The predicted octanol–water partition coefficient (Wildman–Crippen LogP) is 1.40. The second-order valence-corrected chi connectivity index (χ2v) is 4.26. The van der Waals surface area contributed by atoms with Crippen molar-refractivity contribution in [3.8, 4) is 40.6 Å². The van der Waals surface area contributed by atoms with Crippen LogP contribution < -0.4 is 18.9 Å². The highest BCUT2D eigenvalue weighted by Crippen LogP contribution is 2.53. The summed E-state index contributed by atoms with van der Waals surface area (Å²) < 4.78 is 20.0. The first-order valence-electron chi connectivity index (χ1n) is 6.42. The summed E-state index contributed by atoms with van der Waals surface area (Å²) in [6.45, 7) is 0. The summed E-state index contributed by atoms with van der Waals surface area (Å²) >= 11 is 0. The minimum absolute atomic E-state index is 0.165. The molecular weight excluding hydrogens is 324 g/mol. The van der Waals surface area contributed by atoms with Crippen LogP contribution >= 0.6 is 0 Å².